The van der Waals surface area contributed by atoms with Gasteiger partial charge in [0.2, 0.25) is 0 Å². The molecule has 1 aromatic heterocycles. The topological polar surface area (TPSA) is 81.1 Å². The molecule has 168 valence electrons. The van der Waals surface area contributed by atoms with Gasteiger partial charge < -0.3 is 5.32 Å². The summed E-state index contributed by atoms with van der Waals surface area (Å²) >= 11 is 0. The number of sulfone groups is 1. The summed E-state index contributed by atoms with van der Waals surface area (Å²) in [6.07, 6.45) is 2.06. The standard InChI is InChI=1S/C26H25N3O3S/c30-26(27-17-10-18-33(31,32)23-15-8-3-9-16-23)24-20-29(19-21-11-4-1-5-12-21)28-25(24)22-13-6-2-7-14-22/h1-9,11-16,20H,10,17-19H2,(H,27,30). The molecular weight excluding hydrogens is 434 g/mol. The molecule has 3 aromatic carbocycles. The molecule has 0 radical (unpaired) electrons. The first-order valence-corrected chi connectivity index (χ1v) is 12.4. The Balaban J connectivity index is 1.46. The average molecular weight is 460 g/mol. The summed E-state index contributed by atoms with van der Waals surface area (Å²) in [4.78, 5) is 13.3. The Kier molecular flexibility index (Phi) is 7.00. The van der Waals surface area contributed by atoms with Crippen LogP contribution in [0, 0.1) is 0 Å². The number of nitrogens with zero attached hydrogens (tertiary/aromatic N) is 2. The number of nitrogens with one attached hydrogen (secondary N) is 1. The maximum atomic E-state index is 13.0. The number of amides is 1. The van der Waals surface area contributed by atoms with Crippen LogP contribution >= 0.6 is 0 Å². The van der Waals surface area contributed by atoms with Crippen LogP contribution in [0.3, 0.4) is 0 Å². The Bertz CT molecular complexity index is 1300. The number of benzene rings is 3. The summed E-state index contributed by atoms with van der Waals surface area (Å²) in [5.41, 5.74) is 2.99. The van der Waals surface area contributed by atoms with Crippen LogP contribution in [0.5, 0.6) is 0 Å². The molecule has 0 aliphatic rings. The van der Waals surface area contributed by atoms with Gasteiger partial charge in [0.05, 0.1) is 22.8 Å². The molecule has 4 aromatic rings. The normalized spacial score (nSPS) is 11.3. The second-order valence-corrected chi connectivity index (χ2v) is 9.79. The molecule has 4 rings (SSSR count). The van der Waals surface area contributed by atoms with Crippen molar-refractivity contribution >= 4 is 15.7 Å². The average Bonchev–Trinajstić information content (AvgIpc) is 3.27. The van der Waals surface area contributed by atoms with Gasteiger partial charge in [0.25, 0.3) is 5.91 Å². The predicted molar refractivity (Wildman–Crippen MR) is 129 cm³/mol. The largest absolute Gasteiger partial charge is 0.352 e. The van der Waals surface area contributed by atoms with E-state index in [2.05, 4.69) is 10.4 Å². The molecule has 0 bridgehead atoms. The molecule has 0 fully saturated rings. The molecule has 6 nitrogen and oxygen atoms in total. The van der Waals surface area contributed by atoms with Gasteiger partial charge in [0.15, 0.2) is 9.84 Å². The highest BCUT2D eigenvalue weighted by molar-refractivity contribution is 7.91. The monoisotopic (exact) mass is 459 g/mol. The van der Waals surface area contributed by atoms with Gasteiger partial charge in [-0.2, -0.15) is 5.10 Å². The van der Waals surface area contributed by atoms with Crippen LogP contribution in [0.25, 0.3) is 11.3 Å². The number of carbonyl (C=O) groups excluding carboxylic acids is 1. The highest BCUT2D eigenvalue weighted by Gasteiger charge is 2.19. The lowest BCUT2D eigenvalue weighted by molar-refractivity contribution is 0.0954. The van der Waals surface area contributed by atoms with Crippen molar-refractivity contribution in [1.29, 1.82) is 0 Å². The van der Waals surface area contributed by atoms with Gasteiger partial charge in [-0.3, -0.25) is 9.48 Å². The van der Waals surface area contributed by atoms with E-state index in [9.17, 15) is 13.2 Å². The molecule has 0 saturated carbocycles. The third-order valence-corrected chi connectivity index (χ3v) is 7.04. The van der Waals surface area contributed by atoms with E-state index >= 15 is 0 Å². The van der Waals surface area contributed by atoms with E-state index < -0.39 is 9.84 Å². The molecule has 7 heteroatoms. The van der Waals surface area contributed by atoms with Crippen molar-refractivity contribution < 1.29 is 13.2 Å². The molecule has 0 unspecified atom stereocenters. The fourth-order valence-corrected chi connectivity index (χ4v) is 4.89. The van der Waals surface area contributed by atoms with Crippen LogP contribution in [-0.4, -0.2) is 36.4 Å². The van der Waals surface area contributed by atoms with Crippen LogP contribution in [-0.2, 0) is 16.4 Å². The lowest BCUT2D eigenvalue weighted by atomic mass is 10.1. The zero-order chi connectivity index (χ0) is 23.1. The first kappa shape index (κ1) is 22.5. The van der Waals surface area contributed by atoms with Crippen LogP contribution in [0.15, 0.2) is 102 Å². The van der Waals surface area contributed by atoms with Gasteiger partial charge in [-0.25, -0.2) is 8.42 Å². The molecule has 1 N–H and O–H groups in total. The molecule has 0 aliphatic carbocycles. The molecule has 33 heavy (non-hydrogen) atoms. The highest BCUT2D eigenvalue weighted by Crippen LogP contribution is 2.22. The van der Waals surface area contributed by atoms with E-state index in [1.165, 1.54) is 0 Å². The summed E-state index contributed by atoms with van der Waals surface area (Å²) in [6.45, 7) is 0.798. The molecule has 1 heterocycles. The fraction of sp³-hybridized carbons (Fsp3) is 0.154. The minimum atomic E-state index is -3.37. The number of hydrogen-bond acceptors (Lipinski definition) is 4. The second kappa shape index (κ2) is 10.3. The molecule has 0 atom stereocenters. The fourth-order valence-electron chi connectivity index (χ4n) is 3.55. The second-order valence-electron chi connectivity index (χ2n) is 7.68. The van der Waals surface area contributed by atoms with Crippen molar-refractivity contribution in [3.05, 3.63) is 108 Å². The van der Waals surface area contributed by atoms with Crippen LogP contribution in [0.2, 0.25) is 0 Å². The molecule has 0 aliphatic heterocycles. The predicted octanol–water partition coefficient (Wildman–Crippen LogP) is 4.19. The smallest absolute Gasteiger partial charge is 0.255 e. The lowest BCUT2D eigenvalue weighted by Crippen LogP contribution is -2.26. The van der Waals surface area contributed by atoms with Crippen molar-refractivity contribution in [3.63, 3.8) is 0 Å². The number of carbonyl (C=O) groups is 1. The van der Waals surface area contributed by atoms with Gasteiger partial charge in [0.1, 0.15) is 5.69 Å². The summed E-state index contributed by atoms with van der Waals surface area (Å²) in [5.74, 6) is -0.305. The summed E-state index contributed by atoms with van der Waals surface area (Å²) < 4.78 is 26.6. The third kappa shape index (κ3) is 5.75. The molecule has 0 saturated heterocycles. The maximum Gasteiger partial charge on any atom is 0.255 e. The van der Waals surface area contributed by atoms with Gasteiger partial charge in [-0.1, -0.05) is 78.9 Å². The minimum absolute atomic E-state index is 0.0316. The van der Waals surface area contributed by atoms with Gasteiger partial charge in [-0.15, -0.1) is 0 Å². The summed E-state index contributed by atoms with van der Waals surface area (Å²) in [7, 11) is -3.37. The van der Waals surface area contributed by atoms with E-state index in [0.717, 1.165) is 11.1 Å². The van der Waals surface area contributed by atoms with E-state index in [-0.39, 0.29) is 18.2 Å². The zero-order valence-electron chi connectivity index (χ0n) is 18.1. The van der Waals surface area contributed by atoms with E-state index in [1.54, 1.807) is 41.2 Å². The first-order chi connectivity index (χ1) is 16.0. The molecule has 0 spiro atoms. The third-order valence-electron chi connectivity index (χ3n) is 5.22. The molecule has 1 amide bonds. The lowest BCUT2D eigenvalue weighted by Gasteiger charge is -2.07. The maximum absolute atomic E-state index is 13.0. The quantitative estimate of drug-likeness (QED) is 0.381. The number of hydrogen-bond donors (Lipinski definition) is 1. The van der Waals surface area contributed by atoms with E-state index in [4.69, 9.17) is 0 Å². The minimum Gasteiger partial charge on any atom is -0.352 e. The first-order valence-electron chi connectivity index (χ1n) is 10.8. The van der Waals surface area contributed by atoms with Crippen LogP contribution in [0.4, 0.5) is 0 Å². The van der Waals surface area contributed by atoms with Crippen molar-refractivity contribution in [2.75, 3.05) is 12.3 Å². The molecular formula is C26H25N3O3S. The Morgan fingerprint density at radius 1 is 0.848 bits per heavy atom. The Hall–Kier alpha value is -3.71. The Morgan fingerprint density at radius 2 is 1.45 bits per heavy atom. The van der Waals surface area contributed by atoms with Gasteiger partial charge in [-0.05, 0) is 24.1 Å². The van der Waals surface area contributed by atoms with E-state index in [1.807, 2.05) is 60.7 Å². The zero-order valence-corrected chi connectivity index (χ0v) is 18.9. The highest BCUT2D eigenvalue weighted by atomic mass is 32.2. The van der Waals surface area contributed by atoms with Crippen molar-refractivity contribution in [2.24, 2.45) is 0 Å². The van der Waals surface area contributed by atoms with Crippen LogP contribution in [0.1, 0.15) is 22.3 Å². The number of rotatable bonds is 9. The van der Waals surface area contributed by atoms with Gasteiger partial charge in [0, 0.05) is 18.3 Å². The van der Waals surface area contributed by atoms with Crippen molar-refractivity contribution in [3.8, 4) is 11.3 Å². The van der Waals surface area contributed by atoms with Crippen LogP contribution < -0.4 is 5.32 Å². The number of aromatic nitrogens is 2. The van der Waals surface area contributed by atoms with Crippen molar-refractivity contribution in [1.82, 2.24) is 15.1 Å². The Morgan fingerprint density at radius 3 is 2.12 bits per heavy atom. The summed E-state index contributed by atoms with van der Waals surface area (Å²) in [6, 6.07) is 27.8. The van der Waals surface area contributed by atoms with Crippen molar-refractivity contribution in [2.45, 2.75) is 17.9 Å². The summed E-state index contributed by atoms with van der Waals surface area (Å²) in [5, 5.41) is 7.52. The SMILES string of the molecule is O=C(NCCCS(=O)(=O)c1ccccc1)c1cn(Cc2ccccc2)nc1-c1ccccc1. The Labute approximate surface area is 193 Å². The van der Waals surface area contributed by atoms with Gasteiger partial charge >= 0.3 is 0 Å². The van der Waals surface area contributed by atoms with E-state index in [0.29, 0.717) is 29.1 Å².